The highest BCUT2D eigenvalue weighted by molar-refractivity contribution is 7.89. The van der Waals surface area contributed by atoms with Gasteiger partial charge in [-0.2, -0.15) is 4.31 Å². The van der Waals surface area contributed by atoms with Crippen LogP contribution >= 0.6 is 0 Å². The molecule has 0 heterocycles. The van der Waals surface area contributed by atoms with Crippen molar-refractivity contribution < 1.29 is 13.2 Å². The summed E-state index contributed by atoms with van der Waals surface area (Å²) in [6, 6.07) is 4.34. The van der Waals surface area contributed by atoms with Crippen LogP contribution in [0.25, 0.3) is 0 Å². The molecular weight excluding hydrogens is 252 g/mol. The van der Waals surface area contributed by atoms with Crippen LogP contribution in [0.15, 0.2) is 23.1 Å². The molecule has 2 N–H and O–H groups in total. The lowest BCUT2D eigenvalue weighted by atomic mass is 10.3. The fourth-order valence-electron chi connectivity index (χ4n) is 1.49. The second-order valence-corrected chi connectivity index (χ2v) is 5.48. The molecule has 0 spiro atoms. The predicted octanol–water partition coefficient (Wildman–Crippen LogP) is 0.921. The highest BCUT2D eigenvalue weighted by Gasteiger charge is 2.22. The molecule has 0 aliphatic heterocycles. The van der Waals surface area contributed by atoms with E-state index in [0.29, 0.717) is 12.3 Å². The number of ether oxygens (including phenoxy) is 1. The number of benzene rings is 1. The van der Waals surface area contributed by atoms with E-state index in [1.54, 1.807) is 6.92 Å². The number of nitrogen functional groups attached to an aromatic ring is 1. The highest BCUT2D eigenvalue weighted by atomic mass is 32.2. The minimum atomic E-state index is -3.61. The van der Waals surface area contributed by atoms with E-state index in [1.807, 2.05) is 0 Å². The summed E-state index contributed by atoms with van der Waals surface area (Å²) in [6.07, 6.45) is 5.15. The molecule has 5 nitrogen and oxygen atoms in total. The van der Waals surface area contributed by atoms with E-state index >= 15 is 0 Å². The van der Waals surface area contributed by atoms with Gasteiger partial charge in [0.1, 0.15) is 5.75 Å². The van der Waals surface area contributed by atoms with Crippen molar-refractivity contribution in [2.75, 3.05) is 25.9 Å². The minimum absolute atomic E-state index is 0.0325. The normalized spacial score (nSPS) is 11.2. The van der Waals surface area contributed by atoms with Crippen molar-refractivity contribution in [3.63, 3.8) is 0 Å². The fraction of sp³-hybridized carbons (Fsp3) is 0.333. The Hall–Kier alpha value is -1.71. The Labute approximate surface area is 108 Å². The molecule has 0 bridgehead atoms. The van der Waals surface area contributed by atoms with Gasteiger partial charge in [-0.25, -0.2) is 8.42 Å². The third-order valence-electron chi connectivity index (χ3n) is 2.46. The van der Waals surface area contributed by atoms with Crippen LogP contribution in [0.5, 0.6) is 5.75 Å². The average Bonchev–Trinajstić information content (AvgIpc) is 2.35. The molecule has 0 radical (unpaired) electrons. The van der Waals surface area contributed by atoms with Gasteiger partial charge in [0, 0.05) is 6.54 Å². The van der Waals surface area contributed by atoms with Crippen molar-refractivity contribution in [1.82, 2.24) is 4.31 Å². The van der Waals surface area contributed by atoms with Gasteiger partial charge in [0.15, 0.2) is 0 Å². The molecule has 0 atom stereocenters. The molecule has 0 aliphatic rings. The Morgan fingerprint density at radius 2 is 2.17 bits per heavy atom. The monoisotopic (exact) mass is 268 g/mol. The van der Waals surface area contributed by atoms with Crippen LogP contribution in [-0.4, -0.2) is 32.9 Å². The SMILES string of the molecule is C#CCN(CC)S(=O)(=O)c1ccc(OC)c(N)c1. The van der Waals surface area contributed by atoms with Crippen LogP contribution in [0.2, 0.25) is 0 Å². The van der Waals surface area contributed by atoms with Crippen molar-refractivity contribution >= 4 is 15.7 Å². The van der Waals surface area contributed by atoms with E-state index < -0.39 is 10.0 Å². The molecule has 1 aromatic carbocycles. The van der Waals surface area contributed by atoms with E-state index in [0.717, 1.165) is 0 Å². The number of nitrogens with zero attached hydrogens (tertiary/aromatic N) is 1. The van der Waals surface area contributed by atoms with Gasteiger partial charge < -0.3 is 10.5 Å². The van der Waals surface area contributed by atoms with Crippen LogP contribution in [0.1, 0.15) is 6.92 Å². The van der Waals surface area contributed by atoms with Crippen molar-refractivity contribution in [2.24, 2.45) is 0 Å². The molecule has 0 aliphatic carbocycles. The number of nitrogens with two attached hydrogens (primary N) is 1. The van der Waals surface area contributed by atoms with E-state index in [9.17, 15) is 8.42 Å². The van der Waals surface area contributed by atoms with Gasteiger partial charge in [-0.05, 0) is 18.2 Å². The number of hydrogen-bond donors (Lipinski definition) is 1. The first-order valence-corrected chi connectivity index (χ1v) is 6.78. The standard InChI is InChI=1S/C12H16N2O3S/c1-4-8-14(5-2)18(15,16)10-6-7-12(17-3)11(13)9-10/h1,6-7,9H,5,8,13H2,2-3H3. The number of methoxy groups -OCH3 is 1. The molecular formula is C12H16N2O3S. The van der Waals surface area contributed by atoms with Crippen molar-refractivity contribution in [3.05, 3.63) is 18.2 Å². The first-order valence-electron chi connectivity index (χ1n) is 5.34. The quantitative estimate of drug-likeness (QED) is 0.636. The zero-order chi connectivity index (χ0) is 13.8. The third kappa shape index (κ3) is 2.75. The average molecular weight is 268 g/mol. The van der Waals surface area contributed by atoms with E-state index in [1.165, 1.54) is 29.6 Å². The summed E-state index contributed by atoms with van der Waals surface area (Å²) in [5, 5.41) is 0. The van der Waals surface area contributed by atoms with Crippen LogP contribution in [0, 0.1) is 12.3 Å². The van der Waals surface area contributed by atoms with E-state index in [-0.39, 0.29) is 17.1 Å². The van der Waals surface area contributed by atoms with Gasteiger partial charge >= 0.3 is 0 Å². The number of sulfonamides is 1. The molecule has 0 amide bonds. The molecule has 0 aromatic heterocycles. The summed E-state index contributed by atoms with van der Waals surface area (Å²) in [4.78, 5) is 0.109. The van der Waals surface area contributed by atoms with Crippen molar-refractivity contribution in [2.45, 2.75) is 11.8 Å². The summed E-state index contributed by atoms with van der Waals surface area (Å²) in [7, 11) is -2.14. The Kier molecular flexibility index (Phi) is 4.59. The molecule has 98 valence electrons. The maximum absolute atomic E-state index is 12.2. The first-order chi connectivity index (χ1) is 8.47. The van der Waals surface area contributed by atoms with Crippen molar-refractivity contribution in [3.8, 4) is 18.1 Å². The lowest BCUT2D eigenvalue weighted by molar-refractivity contribution is 0.416. The lowest BCUT2D eigenvalue weighted by Gasteiger charge is -2.18. The Bertz CT molecular complexity index is 561. The molecule has 18 heavy (non-hydrogen) atoms. The maximum Gasteiger partial charge on any atom is 0.244 e. The topological polar surface area (TPSA) is 72.6 Å². The fourth-order valence-corrected chi connectivity index (χ4v) is 2.89. The van der Waals surface area contributed by atoms with Crippen LogP contribution in [0.3, 0.4) is 0 Å². The smallest absolute Gasteiger partial charge is 0.244 e. The summed E-state index contributed by atoms with van der Waals surface area (Å²) in [5.74, 6) is 2.76. The van der Waals surface area contributed by atoms with E-state index in [2.05, 4.69) is 5.92 Å². The number of anilines is 1. The maximum atomic E-state index is 12.2. The predicted molar refractivity (Wildman–Crippen MR) is 70.7 cm³/mol. The number of hydrogen-bond acceptors (Lipinski definition) is 4. The van der Waals surface area contributed by atoms with Crippen LogP contribution < -0.4 is 10.5 Å². The van der Waals surface area contributed by atoms with Gasteiger partial charge in [0.2, 0.25) is 10.0 Å². The molecule has 6 heteroatoms. The zero-order valence-electron chi connectivity index (χ0n) is 10.4. The summed E-state index contributed by atoms with van der Waals surface area (Å²) in [5.41, 5.74) is 5.97. The molecule has 0 saturated carbocycles. The first kappa shape index (κ1) is 14.4. The third-order valence-corrected chi connectivity index (χ3v) is 4.38. The highest BCUT2D eigenvalue weighted by Crippen LogP contribution is 2.26. The molecule has 1 aromatic rings. The molecule has 0 saturated heterocycles. The zero-order valence-corrected chi connectivity index (χ0v) is 11.2. The summed E-state index contributed by atoms with van der Waals surface area (Å²) >= 11 is 0. The van der Waals surface area contributed by atoms with Crippen molar-refractivity contribution in [1.29, 1.82) is 0 Å². The van der Waals surface area contributed by atoms with Crippen LogP contribution in [0.4, 0.5) is 5.69 Å². The Morgan fingerprint density at radius 1 is 1.50 bits per heavy atom. The molecule has 0 unspecified atom stereocenters. The Balaban J connectivity index is 3.20. The van der Waals surface area contributed by atoms with E-state index in [4.69, 9.17) is 16.9 Å². The largest absolute Gasteiger partial charge is 0.495 e. The second-order valence-electron chi connectivity index (χ2n) is 3.54. The number of rotatable bonds is 5. The number of terminal acetylenes is 1. The molecule has 1 rings (SSSR count). The van der Waals surface area contributed by atoms with Crippen LogP contribution in [-0.2, 0) is 10.0 Å². The van der Waals surface area contributed by atoms with Gasteiger partial charge in [-0.15, -0.1) is 6.42 Å². The summed E-state index contributed by atoms with van der Waals surface area (Å²) < 4.78 is 30.7. The minimum Gasteiger partial charge on any atom is -0.495 e. The van der Waals surface area contributed by atoms with Gasteiger partial charge in [0.25, 0.3) is 0 Å². The Morgan fingerprint density at radius 3 is 2.61 bits per heavy atom. The van der Waals surface area contributed by atoms with Gasteiger partial charge in [-0.1, -0.05) is 12.8 Å². The van der Waals surface area contributed by atoms with Gasteiger partial charge in [0.05, 0.1) is 24.2 Å². The van der Waals surface area contributed by atoms with Gasteiger partial charge in [-0.3, -0.25) is 0 Å². The molecule has 0 fully saturated rings. The second kappa shape index (κ2) is 5.76. The summed E-state index contributed by atoms with van der Waals surface area (Å²) in [6.45, 7) is 2.06. The lowest BCUT2D eigenvalue weighted by Crippen LogP contribution is -2.31.